The van der Waals surface area contributed by atoms with Crippen LogP contribution in [0, 0.1) is 0 Å². The van der Waals surface area contributed by atoms with Crippen LogP contribution in [0.3, 0.4) is 0 Å². The Kier molecular flexibility index (Phi) is 4.12. The molecular weight excluding hydrogens is 286 g/mol. The third-order valence-corrected chi connectivity index (χ3v) is 5.04. The number of nitrogens with zero attached hydrogens (tertiary/aromatic N) is 4. The smallest absolute Gasteiger partial charge is 0.209 e. The number of nitrogens with one attached hydrogen (secondary N) is 1. The van der Waals surface area contributed by atoms with Gasteiger partial charge in [-0.25, -0.2) is 4.68 Å². The summed E-state index contributed by atoms with van der Waals surface area (Å²) in [5, 5.41) is 16.5. The number of benzene rings is 1. The van der Waals surface area contributed by atoms with Gasteiger partial charge in [-0.3, -0.25) is 0 Å². The maximum atomic E-state index is 5.36. The zero-order valence-electron chi connectivity index (χ0n) is 12.4. The average Bonchev–Trinajstić information content (AvgIpc) is 3.04. The number of aromatic nitrogens is 4. The summed E-state index contributed by atoms with van der Waals surface area (Å²) in [6.45, 7) is 3.05. The largest absolute Gasteiger partial charge is 0.497 e. The molecule has 0 fully saturated rings. The maximum absolute atomic E-state index is 5.36. The van der Waals surface area contributed by atoms with Gasteiger partial charge in [0.15, 0.2) is 0 Å². The Morgan fingerprint density at radius 2 is 2.33 bits per heavy atom. The molecule has 2 aromatic rings. The molecule has 1 aromatic heterocycles. The lowest BCUT2D eigenvalue weighted by atomic mass is 10.1. The molecule has 112 valence electrons. The van der Waals surface area contributed by atoms with E-state index < -0.39 is 0 Å². The number of tetrazole rings is 1. The van der Waals surface area contributed by atoms with E-state index in [4.69, 9.17) is 4.74 Å². The van der Waals surface area contributed by atoms with Crippen molar-refractivity contribution >= 4 is 11.8 Å². The minimum Gasteiger partial charge on any atom is -0.497 e. The highest BCUT2D eigenvalue weighted by atomic mass is 32.2. The predicted octanol–water partition coefficient (Wildman–Crippen LogP) is 1.59. The van der Waals surface area contributed by atoms with Gasteiger partial charge < -0.3 is 10.1 Å². The molecule has 2 atom stereocenters. The van der Waals surface area contributed by atoms with Crippen LogP contribution in [0.5, 0.6) is 5.75 Å². The van der Waals surface area contributed by atoms with Gasteiger partial charge in [-0.05, 0) is 46.7 Å². The fourth-order valence-electron chi connectivity index (χ4n) is 2.74. The van der Waals surface area contributed by atoms with Gasteiger partial charge in [-0.1, -0.05) is 24.8 Å². The molecule has 21 heavy (non-hydrogen) atoms. The van der Waals surface area contributed by atoms with Crippen molar-refractivity contribution in [3.8, 4) is 5.75 Å². The molecule has 0 saturated heterocycles. The molecule has 0 radical (unpaired) electrons. The Hall–Kier alpha value is -1.60. The highest BCUT2D eigenvalue weighted by Crippen LogP contribution is 2.41. The molecule has 1 aromatic carbocycles. The number of methoxy groups -OCH3 is 1. The number of ether oxygens (including phenoxy) is 1. The number of fused-ring (bicyclic) bond motifs is 1. The zero-order valence-corrected chi connectivity index (χ0v) is 13.2. The normalized spacial score (nSPS) is 20.5. The molecule has 7 heteroatoms. The third-order valence-electron chi connectivity index (χ3n) is 3.74. The van der Waals surface area contributed by atoms with Crippen LogP contribution in [0.2, 0.25) is 0 Å². The Labute approximate surface area is 128 Å². The molecule has 1 N–H and O–H groups in total. The van der Waals surface area contributed by atoms with Gasteiger partial charge in [0.05, 0.1) is 7.11 Å². The minimum atomic E-state index is 0.293. The van der Waals surface area contributed by atoms with Gasteiger partial charge in [-0.15, -0.1) is 5.10 Å². The molecule has 0 saturated carbocycles. The van der Waals surface area contributed by atoms with E-state index >= 15 is 0 Å². The van der Waals surface area contributed by atoms with Crippen LogP contribution in [-0.2, 0) is 13.5 Å². The number of hydrogen-bond acceptors (Lipinski definition) is 6. The number of thioether (sulfide) groups is 1. The minimum absolute atomic E-state index is 0.293. The second-order valence-electron chi connectivity index (χ2n) is 5.05. The topological polar surface area (TPSA) is 64.9 Å². The van der Waals surface area contributed by atoms with Crippen molar-refractivity contribution in [1.82, 2.24) is 25.5 Å². The van der Waals surface area contributed by atoms with Gasteiger partial charge in [0, 0.05) is 18.3 Å². The van der Waals surface area contributed by atoms with E-state index in [1.165, 1.54) is 11.1 Å². The first-order valence-electron chi connectivity index (χ1n) is 7.02. The molecule has 0 bridgehead atoms. The quantitative estimate of drug-likeness (QED) is 0.905. The van der Waals surface area contributed by atoms with Gasteiger partial charge in [0.1, 0.15) is 5.75 Å². The highest BCUT2D eigenvalue weighted by Gasteiger charge is 2.34. The second kappa shape index (κ2) is 6.03. The van der Waals surface area contributed by atoms with E-state index in [9.17, 15) is 0 Å². The molecule has 0 aliphatic heterocycles. The third kappa shape index (κ3) is 2.75. The number of hydrogen-bond donors (Lipinski definition) is 1. The summed E-state index contributed by atoms with van der Waals surface area (Å²) in [7, 11) is 3.58. The second-order valence-corrected chi connectivity index (χ2v) is 6.25. The SMILES string of the molecule is CCNC1c2cc(OC)ccc2CC1Sc1nnnn1C. The van der Waals surface area contributed by atoms with E-state index in [-0.39, 0.29) is 0 Å². The van der Waals surface area contributed by atoms with Crippen molar-refractivity contribution in [2.24, 2.45) is 7.05 Å². The van der Waals surface area contributed by atoms with Crippen LogP contribution in [0.25, 0.3) is 0 Å². The van der Waals surface area contributed by atoms with E-state index in [2.05, 4.69) is 39.9 Å². The molecule has 3 rings (SSSR count). The first-order valence-corrected chi connectivity index (χ1v) is 7.90. The van der Waals surface area contributed by atoms with Crippen LogP contribution in [-0.4, -0.2) is 39.1 Å². The molecule has 0 amide bonds. The Balaban J connectivity index is 1.87. The lowest BCUT2D eigenvalue weighted by Crippen LogP contribution is -2.27. The van der Waals surface area contributed by atoms with Gasteiger partial charge in [0.2, 0.25) is 5.16 Å². The first kappa shape index (κ1) is 14.3. The molecule has 2 unspecified atom stereocenters. The summed E-state index contributed by atoms with van der Waals surface area (Å²) >= 11 is 1.73. The lowest BCUT2D eigenvalue weighted by Gasteiger charge is -2.20. The molecular formula is C14H19N5OS. The fourth-order valence-corrected chi connectivity index (χ4v) is 3.92. The maximum Gasteiger partial charge on any atom is 0.209 e. The van der Waals surface area contributed by atoms with Gasteiger partial charge in [-0.2, -0.15) is 0 Å². The number of rotatable bonds is 5. The Morgan fingerprint density at radius 1 is 1.48 bits per heavy atom. The summed E-state index contributed by atoms with van der Waals surface area (Å²) in [5.74, 6) is 0.905. The molecule has 1 aliphatic carbocycles. The standard InChI is InChI=1S/C14H19N5OS/c1-4-15-13-11-8-10(20-3)6-5-9(11)7-12(13)21-14-16-17-18-19(14)2/h5-6,8,12-13,15H,4,7H2,1-3H3. The molecule has 6 nitrogen and oxygen atoms in total. The van der Waals surface area contributed by atoms with Crippen molar-refractivity contribution in [2.45, 2.75) is 29.8 Å². The van der Waals surface area contributed by atoms with E-state index in [0.29, 0.717) is 11.3 Å². The summed E-state index contributed by atoms with van der Waals surface area (Å²) in [6, 6.07) is 6.62. The van der Waals surface area contributed by atoms with Crippen molar-refractivity contribution in [3.05, 3.63) is 29.3 Å². The Bertz CT molecular complexity index is 630. The van der Waals surface area contributed by atoms with Crippen LogP contribution in [0.4, 0.5) is 0 Å². The van der Waals surface area contributed by atoms with Crippen molar-refractivity contribution in [2.75, 3.05) is 13.7 Å². The van der Waals surface area contributed by atoms with Crippen molar-refractivity contribution < 1.29 is 4.74 Å². The van der Waals surface area contributed by atoms with Crippen LogP contribution in [0.15, 0.2) is 23.4 Å². The first-order chi connectivity index (χ1) is 10.2. The monoisotopic (exact) mass is 305 g/mol. The molecule has 1 aliphatic rings. The zero-order chi connectivity index (χ0) is 14.8. The summed E-state index contributed by atoms with van der Waals surface area (Å²) < 4.78 is 7.07. The van der Waals surface area contributed by atoms with Crippen molar-refractivity contribution in [1.29, 1.82) is 0 Å². The Morgan fingerprint density at radius 3 is 3.00 bits per heavy atom. The van der Waals surface area contributed by atoms with E-state index in [1.54, 1.807) is 23.6 Å². The molecule has 1 heterocycles. The average molecular weight is 305 g/mol. The van der Waals surface area contributed by atoms with E-state index in [1.807, 2.05) is 13.1 Å². The summed E-state index contributed by atoms with van der Waals surface area (Å²) in [5.41, 5.74) is 2.69. The highest BCUT2D eigenvalue weighted by molar-refractivity contribution is 7.99. The van der Waals surface area contributed by atoms with Gasteiger partial charge >= 0.3 is 0 Å². The lowest BCUT2D eigenvalue weighted by molar-refractivity contribution is 0.413. The van der Waals surface area contributed by atoms with Crippen LogP contribution < -0.4 is 10.1 Å². The van der Waals surface area contributed by atoms with E-state index in [0.717, 1.165) is 23.9 Å². The fraction of sp³-hybridized carbons (Fsp3) is 0.500. The predicted molar refractivity (Wildman–Crippen MR) is 81.6 cm³/mol. The van der Waals surface area contributed by atoms with Gasteiger partial charge in [0.25, 0.3) is 0 Å². The summed E-state index contributed by atoms with van der Waals surface area (Å²) in [4.78, 5) is 0. The summed E-state index contributed by atoms with van der Waals surface area (Å²) in [6.07, 6.45) is 1.01. The molecule has 0 spiro atoms. The van der Waals surface area contributed by atoms with Crippen LogP contribution >= 0.6 is 11.8 Å². The van der Waals surface area contributed by atoms with Crippen LogP contribution in [0.1, 0.15) is 24.1 Å². The van der Waals surface area contributed by atoms with Crippen molar-refractivity contribution in [3.63, 3.8) is 0 Å². The number of aryl methyl sites for hydroxylation is 1.